The lowest BCUT2D eigenvalue weighted by molar-refractivity contribution is -0.112. The molecule has 128 valence electrons. The van der Waals surface area contributed by atoms with Gasteiger partial charge in [0.2, 0.25) is 5.24 Å². The Morgan fingerprint density at radius 3 is 2.25 bits per heavy atom. The number of sulfonamides is 1. The molecule has 0 spiro atoms. The molecule has 2 aromatic rings. The molecule has 0 amide bonds. The number of hydrogen-bond acceptors (Lipinski definition) is 3. The minimum Gasteiger partial charge on any atom is -0.279 e. The molecule has 1 atom stereocenters. The summed E-state index contributed by atoms with van der Waals surface area (Å²) in [5.41, 5.74) is 2.15. The number of aryl methyl sites for hydroxylation is 1. The lowest BCUT2D eigenvalue weighted by atomic mass is 10.1. The van der Waals surface area contributed by atoms with Crippen molar-refractivity contribution in [2.45, 2.75) is 31.7 Å². The van der Waals surface area contributed by atoms with E-state index in [-0.39, 0.29) is 4.90 Å². The molecule has 0 aromatic heterocycles. The van der Waals surface area contributed by atoms with Crippen molar-refractivity contribution in [3.05, 3.63) is 58.1 Å². The fourth-order valence-electron chi connectivity index (χ4n) is 2.33. The maximum atomic E-state index is 13.2. The highest BCUT2D eigenvalue weighted by Crippen LogP contribution is 2.31. The van der Waals surface area contributed by atoms with E-state index in [1.807, 2.05) is 19.9 Å². The molecule has 4 nitrogen and oxygen atoms in total. The van der Waals surface area contributed by atoms with Crippen LogP contribution in [-0.2, 0) is 14.8 Å². The zero-order valence-corrected chi connectivity index (χ0v) is 16.6. The number of anilines is 1. The molecule has 0 N–H and O–H groups in total. The maximum absolute atomic E-state index is 13.2. The van der Waals surface area contributed by atoms with E-state index in [0.717, 1.165) is 19.9 Å². The molecule has 0 aliphatic heterocycles. The fourth-order valence-corrected chi connectivity index (χ4v) is 4.43. The quantitative estimate of drug-likeness (QED) is 0.660. The number of benzene rings is 2. The second-order valence-electron chi connectivity index (χ2n) is 5.45. The van der Waals surface area contributed by atoms with Crippen LogP contribution >= 0.6 is 27.5 Å². The Bertz CT molecular complexity index is 866. The molecule has 0 saturated heterocycles. The minimum atomic E-state index is -3.95. The molecule has 24 heavy (non-hydrogen) atoms. The Morgan fingerprint density at radius 1 is 1.12 bits per heavy atom. The highest BCUT2D eigenvalue weighted by Gasteiger charge is 2.33. The second-order valence-corrected chi connectivity index (χ2v) is 8.56. The van der Waals surface area contributed by atoms with Gasteiger partial charge in [0.1, 0.15) is 6.04 Å². The number of carbonyl (C=O) groups is 1. The summed E-state index contributed by atoms with van der Waals surface area (Å²) in [5.74, 6) is 0. The third kappa shape index (κ3) is 3.66. The predicted octanol–water partition coefficient (Wildman–Crippen LogP) is 4.42. The summed E-state index contributed by atoms with van der Waals surface area (Å²) in [6.07, 6.45) is 0. The van der Waals surface area contributed by atoms with Gasteiger partial charge in [-0.3, -0.25) is 9.10 Å². The number of rotatable bonds is 5. The van der Waals surface area contributed by atoms with Crippen molar-refractivity contribution in [1.82, 2.24) is 0 Å². The zero-order chi connectivity index (χ0) is 18.1. The van der Waals surface area contributed by atoms with Crippen molar-refractivity contribution >= 4 is 48.5 Å². The second kappa shape index (κ2) is 7.25. The highest BCUT2D eigenvalue weighted by atomic mass is 79.9. The summed E-state index contributed by atoms with van der Waals surface area (Å²) in [6, 6.07) is 10.5. The van der Waals surface area contributed by atoms with E-state index in [9.17, 15) is 13.2 Å². The minimum absolute atomic E-state index is 0.0939. The predicted molar refractivity (Wildman–Crippen MR) is 100 cm³/mol. The van der Waals surface area contributed by atoms with E-state index >= 15 is 0 Å². The van der Waals surface area contributed by atoms with Gasteiger partial charge in [-0.15, -0.1) is 0 Å². The smallest absolute Gasteiger partial charge is 0.265 e. The van der Waals surface area contributed by atoms with Crippen LogP contribution in [0.1, 0.15) is 18.1 Å². The van der Waals surface area contributed by atoms with Gasteiger partial charge in [0.15, 0.2) is 0 Å². The van der Waals surface area contributed by atoms with Crippen LogP contribution in [0.25, 0.3) is 0 Å². The van der Waals surface area contributed by atoms with Gasteiger partial charge in [-0.1, -0.05) is 28.1 Å². The van der Waals surface area contributed by atoms with Crippen LogP contribution in [0.2, 0.25) is 0 Å². The van der Waals surface area contributed by atoms with Gasteiger partial charge in [-0.2, -0.15) is 0 Å². The van der Waals surface area contributed by atoms with Crippen LogP contribution in [0.5, 0.6) is 0 Å². The zero-order valence-electron chi connectivity index (χ0n) is 13.5. The average Bonchev–Trinajstić information content (AvgIpc) is 2.51. The normalized spacial score (nSPS) is 12.7. The van der Waals surface area contributed by atoms with Crippen LogP contribution in [0.15, 0.2) is 51.8 Å². The monoisotopic (exact) mass is 429 g/mol. The van der Waals surface area contributed by atoms with Crippen molar-refractivity contribution in [2.75, 3.05) is 4.31 Å². The summed E-state index contributed by atoms with van der Waals surface area (Å²) in [7, 11) is -3.95. The van der Waals surface area contributed by atoms with E-state index in [2.05, 4.69) is 15.9 Å². The van der Waals surface area contributed by atoms with Crippen LogP contribution in [0.4, 0.5) is 5.69 Å². The van der Waals surface area contributed by atoms with E-state index in [1.54, 1.807) is 24.3 Å². The standard InChI is InChI=1S/C17H17BrClNO3S/c1-11-5-4-6-16(12(11)2)20(13(3)17(19)21)24(22,23)15-9-7-14(18)8-10-15/h4-10,13H,1-3H3. The topological polar surface area (TPSA) is 54.5 Å². The number of hydrogen-bond donors (Lipinski definition) is 0. The molecule has 0 radical (unpaired) electrons. The van der Waals surface area contributed by atoms with Gasteiger partial charge >= 0.3 is 0 Å². The Kier molecular flexibility index (Phi) is 5.73. The fraction of sp³-hybridized carbons (Fsp3) is 0.235. The molecule has 0 aliphatic carbocycles. The SMILES string of the molecule is Cc1cccc(N(C(C)C(=O)Cl)S(=O)(=O)c2ccc(Br)cc2)c1C. The van der Waals surface area contributed by atoms with E-state index in [0.29, 0.717) is 5.69 Å². The van der Waals surface area contributed by atoms with Crippen LogP contribution in [0, 0.1) is 13.8 Å². The molecule has 2 aromatic carbocycles. The molecule has 7 heteroatoms. The summed E-state index contributed by atoms with van der Waals surface area (Å²) >= 11 is 8.92. The Balaban J connectivity index is 2.69. The Labute approximate surface area is 155 Å². The largest absolute Gasteiger partial charge is 0.279 e. The molecular formula is C17H17BrClNO3S. The summed E-state index contributed by atoms with van der Waals surface area (Å²) in [5, 5.41) is -0.739. The first-order chi connectivity index (χ1) is 11.2. The van der Waals surface area contributed by atoms with Crippen LogP contribution in [-0.4, -0.2) is 19.7 Å². The van der Waals surface area contributed by atoms with E-state index in [4.69, 9.17) is 11.6 Å². The van der Waals surface area contributed by atoms with Crippen molar-refractivity contribution in [3.63, 3.8) is 0 Å². The molecule has 0 fully saturated rings. The first-order valence-corrected chi connectivity index (χ1v) is 9.83. The molecule has 2 rings (SSSR count). The molecular weight excluding hydrogens is 414 g/mol. The third-order valence-corrected chi connectivity index (χ3v) is 6.61. The van der Waals surface area contributed by atoms with Crippen molar-refractivity contribution in [1.29, 1.82) is 0 Å². The number of carbonyl (C=O) groups excluding carboxylic acids is 1. The number of halogens is 2. The van der Waals surface area contributed by atoms with Gasteiger partial charge in [0.05, 0.1) is 10.6 Å². The van der Waals surface area contributed by atoms with Crippen LogP contribution < -0.4 is 4.31 Å². The van der Waals surface area contributed by atoms with Gasteiger partial charge in [0.25, 0.3) is 10.0 Å². The van der Waals surface area contributed by atoms with Crippen molar-refractivity contribution in [2.24, 2.45) is 0 Å². The van der Waals surface area contributed by atoms with Crippen molar-refractivity contribution < 1.29 is 13.2 Å². The Hall–Kier alpha value is -1.37. The van der Waals surface area contributed by atoms with Crippen LogP contribution in [0.3, 0.4) is 0 Å². The molecule has 0 heterocycles. The van der Waals surface area contributed by atoms with Crippen molar-refractivity contribution in [3.8, 4) is 0 Å². The summed E-state index contributed by atoms with van der Waals surface area (Å²) in [6.45, 7) is 5.18. The maximum Gasteiger partial charge on any atom is 0.265 e. The molecule has 0 bridgehead atoms. The Morgan fingerprint density at radius 2 is 1.71 bits per heavy atom. The van der Waals surface area contributed by atoms with E-state index in [1.165, 1.54) is 19.1 Å². The molecule has 1 unspecified atom stereocenters. The highest BCUT2D eigenvalue weighted by molar-refractivity contribution is 9.10. The lowest BCUT2D eigenvalue weighted by Gasteiger charge is -2.30. The molecule has 0 aliphatic rings. The first-order valence-electron chi connectivity index (χ1n) is 7.22. The third-order valence-electron chi connectivity index (χ3n) is 3.86. The van der Waals surface area contributed by atoms with Gasteiger partial charge in [-0.05, 0) is 73.8 Å². The summed E-state index contributed by atoms with van der Waals surface area (Å²) < 4.78 is 28.2. The van der Waals surface area contributed by atoms with E-state index < -0.39 is 21.3 Å². The first kappa shape index (κ1) is 19.0. The lowest BCUT2D eigenvalue weighted by Crippen LogP contribution is -2.42. The number of nitrogens with zero attached hydrogens (tertiary/aromatic N) is 1. The van der Waals surface area contributed by atoms with Gasteiger partial charge in [0, 0.05) is 4.47 Å². The van der Waals surface area contributed by atoms with Gasteiger partial charge in [-0.25, -0.2) is 8.42 Å². The summed E-state index contributed by atoms with van der Waals surface area (Å²) in [4.78, 5) is 11.8. The average molecular weight is 431 g/mol. The van der Waals surface area contributed by atoms with Gasteiger partial charge < -0.3 is 0 Å². The molecule has 0 saturated carbocycles.